The van der Waals surface area contributed by atoms with Gasteiger partial charge in [0.25, 0.3) is 15.9 Å². The minimum atomic E-state index is -4.27. The molecule has 15 heteroatoms. The Morgan fingerprint density at radius 3 is 2.19 bits per heavy atom. The average Bonchev–Trinajstić information content (AvgIpc) is 2.85. The van der Waals surface area contributed by atoms with E-state index in [9.17, 15) is 32.7 Å². The summed E-state index contributed by atoms with van der Waals surface area (Å²) < 4.78 is 38.7. The van der Waals surface area contributed by atoms with Crippen molar-refractivity contribution >= 4 is 51.4 Å². The third-order valence-electron chi connectivity index (χ3n) is 5.51. The Balaban J connectivity index is 2.11. The fourth-order valence-electron chi connectivity index (χ4n) is 3.52. The lowest BCUT2D eigenvalue weighted by molar-refractivity contribution is -0.140. The van der Waals surface area contributed by atoms with E-state index in [0.717, 1.165) is 17.7 Å². The third-order valence-corrected chi connectivity index (χ3v) is 7.15. The predicted molar refractivity (Wildman–Crippen MR) is 155 cm³/mol. The molecule has 0 bridgehead atoms. The molecule has 2 aromatic carbocycles. The Morgan fingerprint density at radius 2 is 1.67 bits per heavy atom. The molecule has 42 heavy (non-hydrogen) atoms. The zero-order chi connectivity index (χ0) is 31.8. The molecule has 230 valence electrons. The van der Waals surface area contributed by atoms with Crippen LogP contribution in [0.5, 0.6) is 5.75 Å². The maximum atomic E-state index is 13.1. The molecule has 2 aromatic rings. The van der Waals surface area contributed by atoms with Gasteiger partial charge in [-0.15, -0.1) is 0 Å². The third kappa shape index (κ3) is 10.4. The van der Waals surface area contributed by atoms with Crippen molar-refractivity contribution in [1.29, 1.82) is 0 Å². The molecule has 2 rings (SSSR count). The highest BCUT2D eigenvalue weighted by Crippen LogP contribution is 2.33. The molecule has 0 heterocycles. The van der Waals surface area contributed by atoms with Crippen molar-refractivity contribution in [1.82, 2.24) is 10.6 Å². The molecule has 0 radical (unpaired) electrons. The van der Waals surface area contributed by atoms with E-state index < -0.39 is 72.9 Å². The number of amides is 3. The molecule has 0 aliphatic rings. The van der Waals surface area contributed by atoms with E-state index in [1.165, 1.54) is 0 Å². The first-order chi connectivity index (χ1) is 19.4. The number of ether oxygens (including phenoxy) is 2. The molecule has 6 N–H and O–H groups in total. The molecule has 0 aromatic heterocycles. The number of hydrogen-bond acceptors (Lipinski definition) is 8. The molecule has 1 atom stereocenters. The fraction of sp³-hybridized carbons (Fsp3) is 0.407. The van der Waals surface area contributed by atoms with Crippen LogP contribution in [0.2, 0.25) is 5.02 Å². The number of alkyl carbamates (subject to hydrolysis) is 1. The van der Waals surface area contributed by atoms with Gasteiger partial charge in [-0.3, -0.25) is 9.52 Å². The van der Waals surface area contributed by atoms with E-state index in [0.29, 0.717) is 19.4 Å². The summed E-state index contributed by atoms with van der Waals surface area (Å²) >= 11 is 6.17. The average molecular weight is 627 g/mol. The molecule has 13 nitrogen and oxygen atoms in total. The second-order valence-electron chi connectivity index (χ2n) is 10.6. The Hall–Kier alpha value is -4.04. The van der Waals surface area contributed by atoms with E-state index in [1.807, 2.05) is 0 Å². The summed E-state index contributed by atoms with van der Waals surface area (Å²) in [6, 6.07) is 7.07. The smallest absolute Gasteiger partial charge is 0.413 e. The van der Waals surface area contributed by atoms with Crippen LogP contribution in [-0.2, 0) is 26.0 Å². The Bertz CT molecular complexity index is 1420. The van der Waals surface area contributed by atoms with Crippen LogP contribution in [0.25, 0.3) is 0 Å². The number of carboxylic acids is 1. The fourth-order valence-corrected chi connectivity index (χ4v) is 4.96. The molecule has 0 fully saturated rings. The summed E-state index contributed by atoms with van der Waals surface area (Å²) in [6.07, 6.45) is -0.498. The molecule has 1 unspecified atom stereocenters. The number of halogens is 1. The number of carboxylic acid groups (broad SMARTS) is 1. The van der Waals surface area contributed by atoms with Crippen LogP contribution >= 0.6 is 11.6 Å². The van der Waals surface area contributed by atoms with Gasteiger partial charge in [-0.25, -0.2) is 22.8 Å². The number of nitrogens with two attached hydrogens (primary N) is 1. The van der Waals surface area contributed by atoms with Crippen LogP contribution in [-0.4, -0.2) is 55.8 Å². The summed E-state index contributed by atoms with van der Waals surface area (Å²) in [5, 5.41) is 13.6. The lowest BCUT2D eigenvalue weighted by Gasteiger charge is -2.19. The number of sulfonamides is 1. The summed E-state index contributed by atoms with van der Waals surface area (Å²) in [5.41, 5.74) is 5.40. The quantitative estimate of drug-likeness (QED) is 0.216. The first kappa shape index (κ1) is 34.2. The van der Waals surface area contributed by atoms with Crippen molar-refractivity contribution in [3.8, 4) is 5.75 Å². The highest BCUT2D eigenvalue weighted by Gasteiger charge is 2.27. The number of rotatable bonds is 12. The molecule has 3 amide bonds. The summed E-state index contributed by atoms with van der Waals surface area (Å²) in [6.45, 7) is 8.83. The van der Waals surface area contributed by atoms with Gasteiger partial charge in [0.2, 0.25) is 0 Å². The lowest BCUT2D eigenvalue weighted by atomic mass is 10.1. The highest BCUT2D eigenvalue weighted by atomic mass is 35.5. The SMILES string of the molecule is CC(C)C(NC(=O)Oc1c(Cl)cc(S(=O)(=O)Nc2ccc(CCCNC(=O)OC(C)(C)C)cc2)cc1C(N)=O)C(=O)O. The van der Waals surface area contributed by atoms with Gasteiger partial charge in [-0.2, -0.15) is 0 Å². The molecular weight excluding hydrogens is 592 g/mol. The van der Waals surface area contributed by atoms with Crippen molar-refractivity contribution in [2.24, 2.45) is 11.7 Å². The van der Waals surface area contributed by atoms with Crippen LogP contribution in [0.4, 0.5) is 15.3 Å². The Morgan fingerprint density at radius 1 is 1.05 bits per heavy atom. The first-order valence-corrected chi connectivity index (χ1v) is 14.7. The topological polar surface area (TPSA) is 203 Å². The zero-order valence-electron chi connectivity index (χ0n) is 23.8. The largest absolute Gasteiger partial charge is 0.480 e. The number of primary amides is 1. The zero-order valence-corrected chi connectivity index (χ0v) is 25.4. The molecular formula is C27H35ClN4O9S. The van der Waals surface area contributed by atoms with Gasteiger partial charge < -0.3 is 30.9 Å². The number of carbonyl (C=O) groups is 4. The van der Waals surface area contributed by atoms with Crippen molar-refractivity contribution < 1.29 is 42.2 Å². The first-order valence-electron chi connectivity index (χ1n) is 12.8. The summed E-state index contributed by atoms with van der Waals surface area (Å²) in [5.74, 6) is -3.46. The number of anilines is 1. The predicted octanol–water partition coefficient (Wildman–Crippen LogP) is 3.89. The Labute approximate surface area is 249 Å². The van der Waals surface area contributed by atoms with Crippen LogP contribution < -0.4 is 25.8 Å². The maximum absolute atomic E-state index is 13.1. The van der Waals surface area contributed by atoms with Crippen molar-refractivity contribution in [2.45, 2.75) is 64.0 Å². The number of benzene rings is 2. The maximum Gasteiger partial charge on any atom is 0.413 e. The van der Waals surface area contributed by atoms with E-state index in [-0.39, 0.29) is 5.69 Å². The van der Waals surface area contributed by atoms with E-state index in [4.69, 9.17) is 26.8 Å². The van der Waals surface area contributed by atoms with Gasteiger partial charge >= 0.3 is 18.2 Å². The monoisotopic (exact) mass is 626 g/mol. The standard InChI is InChI=1S/C27H35ClN4O9S/c1-15(2)21(24(34)35)31-26(37)40-22-19(23(29)33)13-18(14-20(22)28)42(38,39)32-17-10-8-16(9-11-17)7-6-12-30-25(36)41-27(3,4)5/h8-11,13-15,21,32H,6-7,12H2,1-5H3,(H2,29,33)(H,30,36)(H,31,37)(H,34,35). The van der Waals surface area contributed by atoms with Gasteiger partial charge in [-0.05, 0) is 69.4 Å². The van der Waals surface area contributed by atoms with Crippen LogP contribution in [0.1, 0.15) is 57.0 Å². The molecule has 0 saturated carbocycles. The van der Waals surface area contributed by atoms with E-state index in [1.54, 1.807) is 58.9 Å². The van der Waals surface area contributed by atoms with Gasteiger partial charge in [0.05, 0.1) is 15.5 Å². The molecule has 0 aliphatic carbocycles. The molecule has 0 spiro atoms. The number of aryl methyl sites for hydroxylation is 1. The molecule has 0 aliphatic heterocycles. The minimum absolute atomic E-state index is 0.218. The normalized spacial score (nSPS) is 12.3. The van der Waals surface area contributed by atoms with Gasteiger partial charge in [0.15, 0.2) is 5.75 Å². The second kappa shape index (κ2) is 14.2. The van der Waals surface area contributed by atoms with Crippen LogP contribution in [0, 0.1) is 5.92 Å². The van der Waals surface area contributed by atoms with Crippen molar-refractivity contribution in [3.05, 3.63) is 52.5 Å². The number of aliphatic carboxylic acids is 1. The summed E-state index contributed by atoms with van der Waals surface area (Å²) in [7, 11) is -4.27. The number of hydrogen-bond donors (Lipinski definition) is 5. The van der Waals surface area contributed by atoms with E-state index in [2.05, 4.69) is 15.4 Å². The van der Waals surface area contributed by atoms with Gasteiger partial charge in [0, 0.05) is 12.2 Å². The van der Waals surface area contributed by atoms with Crippen LogP contribution in [0.3, 0.4) is 0 Å². The minimum Gasteiger partial charge on any atom is -0.480 e. The van der Waals surface area contributed by atoms with Crippen molar-refractivity contribution in [3.63, 3.8) is 0 Å². The number of nitrogens with one attached hydrogen (secondary N) is 3. The van der Waals surface area contributed by atoms with Crippen molar-refractivity contribution in [2.75, 3.05) is 11.3 Å². The number of carbonyl (C=O) groups excluding carboxylic acids is 3. The Kier molecular flexibility index (Phi) is 11.6. The lowest BCUT2D eigenvalue weighted by Crippen LogP contribution is -2.45. The molecule has 0 saturated heterocycles. The highest BCUT2D eigenvalue weighted by molar-refractivity contribution is 7.92. The van der Waals surface area contributed by atoms with Gasteiger partial charge in [0.1, 0.15) is 11.6 Å². The van der Waals surface area contributed by atoms with E-state index >= 15 is 0 Å². The summed E-state index contributed by atoms with van der Waals surface area (Å²) in [4.78, 5) is 47.0. The van der Waals surface area contributed by atoms with Crippen LogP contribution in [0.15, 0.2) is 41.3 Å². The second-order valence-corrected chi connectivity index (χ2v) is 12.7. The van der Waals surface area contributed by atoms with Gasteiger partial charge in [-0.1, -0.05) is 37.6 Å².